The minimum absolute atomic E-state index is 0.0281. The quantitative estimate of drug-likeness (QED) is 0.676. The first kappa shape index (κ1) is 12.5. The number of nitrogens with two attached hydrogens (primary N) is 1. The van der Waals surface area contributed by atoms with Crippen LogP contribution in [0.2, 0.25) is 0 Å². The Morgan fingerprint density at radius 2 is 2.13 bits per heavy atom. The molecule has 0 spiro atoms. The van der Waals surface area contributed by atoms with Crippen LogP contribution >= 0.6 is 0 Å². The van der Waals surface area contributed by atoms with Gasteiger partial charge in [0.05, 0.1) is 0 Å². The molecule has 3 N–H and O–H groups in total. The second-order valence-corrected chi connectivity index (χ2v) is 4.68. The molecule has 0 aromatic carbocycles. The monoisotopic (exact) mass is 212 g/mol. The SMILES string of the molecule is CCCCC(CN)NC(=O)C1(CC)CC1. The van der Waals surface area contributed by atoms with Crippen molar-refractivity contribution in [2.75, 3.05) is 6.54 Å². The summed E-state index contributed by atoms with van der Waals surface area (Å²) in [6.45, 7) is 4.81. The number of unbranched alkanes of at least 4 members (excludes halogenated alkanes) is 1. The fourth-order valence-electron chi connectivity index (χ4n) is 1.93. The molecule has 88 valence electrons. The summed E-state index contributed by atoms with van der Waals surface area (Å²) in [5.74, 6) is 0.233. The Morgan fingerprint density at radius 1 is 1.47 bits per heavy atom. The molecule has 0 aromatic rings. The van der Waals surface area contributed by atoms with Gasteiger partial charge in [0.25, 0.3) is 0 Å². The van der Waals surface area contributed by atoms with Crippen LogP contribution in [0.15, 0.2) is 0 Å². The van der Waals surface area contributed by atoms with Crippen LogP contribution in [0.4, 0.5) is 0 Å². The summed E-state index contributed by atoms with van der Waals surface area (Å²) in [5, 5.41) is 3.09. The maximum absolute atomic E-state index is 11.9. The van der Waals surface area contributed by atoms with Crippen molar-refractivity contribution in [3.63, 3.8) is 0 Å². The molecule has 1 fully saturated rings. The molecule has 0 heterocycles. The number of amides is 1. The molecule has 0 saturated heterocycles. The molecule has 0 aromatic heterocycles. The van der Waals surface area contributed by atoms with Gasteiger partial charge in [-0.15, -0.1) is 0 Å². The highest BCUT2D eigenvalue weighted by Gasteiger charge is 2.48. The first-order valence-electron chi connectivity index (χ1n) is 6.19. The van der Waals surface area contributed by atoms with Gasteiger partial charge in [-0.2, -0.15) is 0 Å². The first-order valence-corrected chi connectivity index (χ1v) is 6.19. The van der Waals surface area contributed by atoms with Gasteiger partial charge in [-0.3, -0.25) is 4.79 Å². The van der Waals surface area contributed by atoms with E-state index in [9.17, 15) is 4.79 Å². The van der Waals surface area contributed by atoms with Crippen molar-refractivity contribution >= 4 is 5.91 Å². The Morgan fingerprint density at radius 3 is 2.53 bits per heavy atom. The molecule has 1 unspecified atom stereocenters. The number of hydrogen-bond acceptors (Lipinski definition) is 2. The van der Waals surface area contributed by atoms with Gasteiger partial charge in [-0.25, -0.2) is 0 Å². The molecule has 1 atom stereocenters. The van der Waals surface area contributed by atoms with Gasteiger partial charge in [-0.1, -0.05) is 26.7 Å². The van der Waals surface area contributed by atoms with Crippen molar-refractivity contribution < 1.29 is 4.79 Å². The smallest absolute Gasteiger partial charge is 0.226 e. The molecule has 1 aliphatic rings. The summed E-state index contributed by atoms with van der Waals surface area (Å²) in [6.07, 6.45) is 6.38. The van der Waals surface area contributed by atoms with E-state index >= 15 is 0 Å². The Balaban J connectivity index is 2.34. The topological polar surface area (TPSA) is 55.1 Å². The van der Waals surface area contributed by atoms with E-state index in [2.05, 4.69) is 19.2 Å². The maximum atomic E-state index is 11.9. The molecular weight excluding hydrogens is 188 g/mol. The molecule has 0 bridgehead atoms. The predicted octanol–water partition coefficient (Wildman–Crippen LogP) is 1.81. The Bertz CT molecular complexity index is 212. The normalized spacial score (nSPS) is 19.7. The van der Waals surface area contributed by atoms with E-state index in [1.54, 1.807) is 0 Å². The molecule has 1 rings (SSSR count). The number of carbonyl (C=O) groups excluding carboxylic acids is 1. The van der Waals surface area contributed by atoms with Gasteiger partial charge < -0.3 is 11.1 Å². The summed E-state index contributed by atoms with van der Waals surface area (Å²) in [6, 6.07) is 0.182. The van der Waals surface area contributed by atoms with Crippen molar-refractivity contribution in [2.45, 2.75) is 58.4 Å². The lowest BCUT2D eigenvalue weighted by Crippen LogP contribution is -2.43. The third-order valence-electron chi connectivity index (χ3n) is 3.54. The van der Waals surface area contributed by atoms with Gasteiger partial charge in [0, 0.05) is 18.0 Å². The second kappa shape index (κ2) is 5.50. The lowest BCUT2D eigenvalue weighted by atomic mass is 10.0. The number of nitrogens with one attached hydrogen (secondary N) is 1. The van der Waals surface area contributed by atoms with Crippen LogP contribution in [0.5, 0.6) is 0 Å². The highest BCUT2D eigenvalue weighted by molar-refractivity contribution is 5.85. The number of carbonyl (C=O) groups is 1. The number of rotatable bonds is 7. The summed E-state index contributed by atoms with van der Waals surface area (Å²) in [4.78, 5) is 11.9. The van der Waals surface area contributed by atoms with E-state index in [0.29, 0.717) is 6.54 Å². The van der Waals surface area contributed by atoms with Crippen LogP contribution in [0.3, 0.4) is 0 Å². The highest BCUT2D eigenvalue weighted by atomic mass is 16.2. The van der Waals surface area contributed by atoms with Gasteiger partial charge in [0.15, 0.2) is 0 Å². The van der Waals surface area contributed by atoms with Crippen LogP contribution in [0.1, 0.15) is 52.4 Å². The summed E-state index contributed by atoms with van der Waals surface area (Å²) < 4.78 is 0. The minimum Gasteiger partial charge on any atom is -0.352 e. The van der Waals surface area contributed by atoms with Crippen LogP contribution < -0.4 is 11.1 Å². The molecule has 0 radical (unpaired) electrons. The van der Waals surface area contributed by atoms with Crippen molar-refractivity contribution in [1.29, 1.82) is 0 Å². The summed E-state index contributed by atoms with van der Waals surface area (Å²) in [5.41, 5.74) is 5.62. The summed E-state index contributed by atoms with van der Waals surface area (Å²) >= 11 is 0. The number of hydrogen-bond donors (Lipinski definition) is 2. The average molecular weight is 212 g/mol. The zero-order valence-corrected chi connectivity index (χ0v) is 10.0. The van der Waals surface area contributed by atoms with Crippen molar-refractivity contribution in [2.24, 2.45) is 11.1 Å². The van der Waals surface area contributed by atoms with Crippen LogP contribution in [-0.4, -0.2) is 18.5 Å². The van der Waals surface area contributed by atoms with E-state index in [0.717, 1.165) is 38.5 Å². The Labute approximate surface area is 92.8 Å². The first-order chi connectivity index (χ1) is 7.18. The standard InChI is InChI=1S/C12H24N2O/c1-3-5-6-10(9-13)14-11(15)12(4-2)7-8-12/h10H,3-9,13H2,1-2H3,(H,14,15). The molecule has 3 nitrogen and oxygen atoms in total. The van der Waals surface area contributed by atoms with Gasteiger partial charge in [-0.05, 0) is 25.7 Å². The molecule has 15 heavy (non-hydrogen) atoms. The fourth-order valence-corrected chi connectivity index (χ4v) is 1.93. The average Bonchev–Trinajstić information content (AvgIpc) is 3.04. The van der Waals surface area contributed by atoms with Crippen molar-refractivity contribution in [3.8, 4) is 0 Å². The molecule has 1 saturated carbocycles. The lowest BCUT2D eigenvalue weighted by molar-refractivity contribution is -0.127. The van der Waals surface area contributed by atoms with Gasteiger partial charge in [0.2, 0.25) is 5.91 Å². The van der Waals surface area contributed by atoms with Gasteiger partial charge in [0.1, 0.15) is 0 Å². The minimum atomic E-state index is -0.0281. The van der Waals surface area contributed by atoms with Crippen molar-refractivity contribution in [3.05, 3.63) is 0 Å². The maximum Gasteiger partial charge on any atom is 0.226 e. The van der Waals surface area contributed by atoms with E-state index in [4.69, 9.17) is 5.73 Å². The van der Waals surface area contributed by atoms with Crippen molar-refractivity contribution in [1.82, 2.24) is 5.32 Å². The second-order valence-electron chi connectivity index (χ2n) is 4.68. The highest BCUT2D eigenvalue weighted by Crippen LogP contribution is 2.48. The molecule has 0 aliphatic heterocycles. The van der Waals surface area contributed by atoms with Crippen LogP contribution in [0, 0.1) is 5.41 Å². The van der Waals surface area contributed by atoms with E-state index < -0.39 is 0 Å². The lowest BCUT2D eigenvalue weighted by Gasteiger charge is -2.20. The zero-order valence-electron chi connectivity index (χ0n) is 10.0. The van der Waals surface area contributed by atoms with Crippen LogP contribution in [0.25, 0.3) is 0 Å². The fraction of sp³-hybridized carbons (Fsp3) is 0.917. The zero-order chi connectivity index (χ0) is 11.3. The largest absolute Gasteiger partial charge is 0.352 e. The third-order valence-corrected chi connectivity index (χ3v) is 3.54. The Hall–Kier alpha value is -0.570. The summed E-state index contributed by atoms with van der Waals surface area (Å²) in [7, 11) is 0. The van der Waals surface area contributed by atoms with E-state index in [-0.39, 0.29) is 17.4 Å². The molecular formula is C12H24N2O. The van der Waals surface area contributed by atoms with E-state index in [1.165, 1.54) is 0 Å². The molecule has 1 aliphatic carbocycles. The molecule has 3 heteroatoms. The molecule has 1 amide bonds. The van der Waals surface area contributed by atoms with Crippen LogP contribution in [-0.2, 0) is 4.79 Å². The van der Waals surface area contributed by atoms with Gasteiger partial charge >= 0.3 is 0 Å². The Kier molecular flexibility index (Phi) is 4.58. The third kappa shape index (κ3) is 3.20. The van der Waals surface area contributed by atoms with E-state index in [1.807, 2.05) is 0 Å². The predicted molar refractivity (Wildman–Crippen MR) is 62.5 cm³/mol.